The van der Waals surface area contributed by atoms with E-state index < -0.39 is 0 Å². The smallest absolute Gasteiger partial charge is 0.107 e. The Morgan fingerprint density at radius 2 is 2.19 bits per heavy atom. The van der Waals surface area contributed by atoms with Crippen LogP contribution in [-0.4, -0.2) is 0 Å². The Morgan fingerprint density at radius 3 is 3.00 bits per heavy atom. The van der Waals surface area contributed by atoms with Crippen LogP contribution < -0.4 is 0 Å². The first-order valence-electron chi connectivity index (χ1n) is 6.33. The summed E-state index contributed by atoms with van der Waals surface area (Å²) in [6.45, 7) is 6.92. The number of hydrogen-bond acceptors (Lipinski definition) is 1. The number of hydrogen-bond donors (Lipinski definition) is 0. The molecule has 1 heteroatoms. The largest absolute Gasteiger partial charge is 0.469 e. The van der Waals surface area contributed by atoms with E-state index >= 15 is 0 Å². The van der Waals surface area contributed by atoms with Crippen molar-refractivity contribution in [3.05, 3.63) is 34.8 Å². The zero-order chi connectivity index (χ0) is 11.3. The third kappa shape index (κ3) is 1.30. The zero-order valence-corrected chi connectivity index (χ0v) is 10.5. The minimum atomic E-state index is 0.441. The minimum absolute atomic E-state index is 0.441. The fourth-order valence-electron chi connectivity index (χ4n) is 3.63. The second-order valence-electron chi connectivity index (χ2n) is 5.89. The summed E-state index contributed by atoms with van der Waals surface area (Å²) < 4.78 is 5.72. The van der Waals surface area contributed by atoms with Gasteiger partial charge in [0, 0.05) is 6.42 Å². The van der Waals surface area contributed by atoms with Crippen LogP contribution in [0.2, 0.25) is 0 Å². The molecule has 1 aromatic heterocycles. The molecule has 1 nitrogen and oxygen atoms in total. The molecule has 0 N–H and O–H groups in total. The summed E-state index contributed by atoms with van der Waals surface area (Å²) in [7, 11) is 0. The fourth-order valence-corrected chi connectivity index (χ4v) is 3.63. The van der Waals surface area contributed by atoms with Gasteiger partial charge < -0.3 is 4.42 Å². The Hall–Kier alpha value is -0.980. The van der Waals surface area contributed by atoms with Crippen LogP contribution >= 0.6 is 0 Å². The number of aryl methyl sites for hydroxylation is 1. The Kier molecular flexibility index (Phi) is 2.07. The summed E-state index contributed by atoms with van der Waals surface area (Å²) in [6.07, 6.45) is 9.25. The highest BCUT2D eigenvalue weighted by molar-refractivity contribution is 5.34. The monoisotopic (exact) mass is 216 g/mol. The van der Waals surface area contributed by atoms with Crippen LogP contribution in [-0.2, 0) is 12.8 Å². The molecule has 16 heavy (non-hydrogen) atoms. The van der Waals surface area contributed by atoms with Crippen molar-refractivity contribution in [1.29, 1.82) is 0 Å². The first-order valence-corrected chi connectivity index (χ1v) is 6.33. The van der Waals surface area contributed by atoms with E-state index in [4.69, 9.17) is 4.42 Å². The summed E-state index contributed by atoms with van der Waals surface area (Å²) in [4.78, 5) is 0. The van der Waals surface area contributed by atoms with E-state index in [1.54, 1.807) is 5.57 Å². The maximum absolute atomic E-state index is 5.72. The van der Waals surface area contributed by atoms with Crippen molar-refractivity contribution < 1.29 is 4.42 Å². The molecule has 1 heterocycles. The molecule has 1 aromatic rings. The van der Waals surface area contributed by atoms with Gasteiger partial charge in [-0.25, -0.2) is 0 Å². The quantitative estimate of drug-likeness (QED) is 0.596. The molecule has 0 aliphatic heterocycles. The van der Waals surface area contributed by atoms with Crippen LogP contribution in [0.15, 0.2) is 22.3 Å². The van der Waals surface area contributed by atoms with Gasteiger partial charge in [0.1, 0.15) is 5.76 Å². The molecule has 0 saturated carbocycles. The van der Waals surface area contributed by atoms with E-state index in [2.05, 4.69) is 26.8 Å². The van der Waals surface area contributed by atoms with E-state index in [0.29, 0.717) is 5.41 Å². The van der Waals surface area contributed by atoms with E-state index in [0.717, 1.165) is 12.3 Å². The lowest BCUT2D eigenvalue weighted by atomic mass is 9.60. The SMILES string of the molecule is CC1=CCC[C@]2(C)Cc3occ(C)c3C[C@@H]12. The molecule has 0 aromatic carbocycles. The van der Waals surface area contributed by atoms with Crippen molar-refractivity contribution in [2.75, 3.05) is 0 Å². The normalized spacial score (nSPS) is 32.9. The van der Waals surface area contributed by atoms with Gasteiger partial charge in [-0.3, -0.25) is 0 Å². The molecular formula is C15H20O. The number of rotatable bonds is 0. The van der Waals surface area contributed by atoms with Crippen LogP contribution in [0.4, 0.5) is 0 Å². The van der Waals surface area contributed by atoms with Crippen molar-refractivity contribution >= 4 is 0 Å². The highest BCUT2D eigenvalue weighted by Crippen LogP contribution is 2.49. The summed E-state index contributed by atoms with van der Waals surface area (Å²) >= 11 is 0. The maximum Gasteiger partial charge on any atom is 0.107 e. The molecule has 2 aliphatic carbocycles. The molecule has 0 bridgehead atoms. The summed E-state index contributed by atoms with van der Waals surface area (Å²) in [5.74, 6) is 2.00. The third-order valence-corrected chi connectivity index (χ3v) is 4.74. The Bertz CT molecular complexity index is 452. The topological polar surface area (TPSA) is 13.1 Å². The van der Waals surface area contributed by atoms with Gasteiger partial charge in [-0.15, -0.1) is 0 Å². The lowest BCUT2D eigenvalue weighted by Gasteiger charge is -2.44. The molecule has 86 valence electrons. The van der Waals surface area contributed by atoms with Gasteiger partial charge in [0.15, 0.2) is 0 Å². The van der Waals surface area contributed by atoms with Crippen LogP contribution in [0.25, 0.3) is 0 Å². The lowest BCUT2D eigenvalue weighted by Crippen LogP contribution is -2.37. The lowest BCUT2D eigenvalue weighted by molar-refractivity contribution is 0.157. The number of allylic oxidation sites excluding steroid dienone is 2. The summed E-state index contributed by atoms with van der Waals surface area (Å²) in [6, 6.07) is 0. The number of fused-ring (bicyclic) bond motifs is 2. The molecule has 0 radical (unpaired) electrons. The van der Waals surface area contributed by atoms with Crippen molar-refractivity contribution in [2.24, 2.45) is 11.3 Å². The first kappa shape index (κ1) is 10.2. The summed E-state index contributed by atoms with van der Waals surface area (Å²) in [5.41, 5.74) is 4.86. The maximum atomic E-state index is 5.72. The minimum Gasteiger partial charge on any atom is -0.469 e. The zero-order valence-electron chi connectivity index (χ0n) is 10.5. The van der Waals surface area contributed by atoms with Gasteiger partial charge >= 0.3 is 0 Å². The molecule has 0 fully saturated rings. The molecule has 0 unspecified atom stereocenters. The van der Waals surface area contributed by atoms with Gasteiger partial charge in [-0.1, -0.05) is 18.6 Å². The van der Waals surface area contributed by atoms with Gasteiger partial charge in [0.05, 0.1) is 6.26 Å². The van der Waals surface area contributed by atoms with Gasteiger partial charge in [0.2, 0.25) is 0 Å². The van der Waals surface area contributed by atoms with Crippen molar-refractivity contribution in [3.8, 4) is 0 Å². The highest BCUT2D eigenvalue weighted by atomic mass is 16.3. The van der Waals surface area contributed by atoms with Gasteiger partial charge in [0.25, 0.3) is 0 Å². The predicted octanol–water partition coefficient (Wildman–Crippen LogP) is 4.05. The van der Waals surface area contributed by atoms with Crippen molar-refractivity contribution in [3.63, 3.8) is 0 Å². The molecule has 3 rings (SSSR count). The van der Waals surface area contributed by atoms with Crippen molar-refractivity contribution in [2.45, 2.75) is 46.5 Å². The molecule has 0 saturated heterocycles. The van der Waals surface area contributed by atoms with E-state index in [1.807, 2.05) is 6.26 Å². The Balaban J connectivity index is 2.06. The molecular weight excluding hydrogens is 196 g/mol. The third-order valence-electron chi connectivity index (χ3n) is 4.74. The first-order chi connectivity index (χ1) is 7.60. The van der Waals surface area contributed by atoms with Gasteiger partial charge in [-0.2, -0.15) is 0 Å². The second-order valence-corrected chi connectivity index (χ2v) is 5.89. The summed E-state index contributed by atoms with van der Waals surface area (Å²) in [5, 5.41) is 0. The van der Waals surface area contributed by atoms with Crippen LogP contribution in [0.3, 0.4) is 0 Å². The average Bonchev–Trinajstić information content (AvgIpc) is 2.57. The average molecular weight is 216 g/mol. The van der Waals surface area contributed by atoms with Crippen LogP contribution in [0.5, 0.6) is 0 Å². The fraction of sp³-hybridized carbons (Fsp3) is 0.600. The van der Waals surface area contributed by atoms with Crippen LogP contribution in [0.1, 0.15) is 43.6 Å². The predicted molar refractivity (Wildman–Crippen MR) is 65.4 cm³/mol. The molecule has 2 aliphatic rings. The highest BCUT2D eigenvalue weighted by Gasteiger charge is 2.42. The Labute approximate surface area is 97.5 Å². The number of furan rings is 1. The van der Waals surface area contributed by atoms with E-state index in [1.165, 1.54) is 36.1 Å². The van der Waals surface area contributed by atoms with Crippen LogP contribution in [0, 0.1) is 18.3 Å². The molecule has 0 spiro atoms. The van der Waals surface area contributed by atoms with E-state index in [9.17, 15) is 0 Å². The van der Waals surface area contributed by atoms with E-state index in [-0.39, 0.29) is 0 Å². The second kappa shape index (κ2) is 3.26. The standard InChI is InChI=1S/C15H20O/c1-10-5-4-6-15(3)8-14-12(7-13(10)15)11(2)9-16-14/h5,9,13H,4,6-8H2,1-3H3/t13-,15+/m0/s1. The molecule has 0 amide bonds. The van der Waals surface area contributed by atoms with Gasteiger partial charge in [-0.05, 0) is 55.6 Å². The Morgan fingerprint density at radius 1 is 1.38 bits per heavy atom. The molecule has 2 atom stereocenters. The van der Waals surface area contributed by atoms with Crippen molar-refractivity contribution in [1.82, 2.24) is 0 Å².